The predicted molar refractivity (Wildman–Crippen MR) is 109 cm³/mol. The van der Waals surface area contributed by atoms with Gasteiger partial charge in [-0.25, -0.2) is 9.67 Å². The van der Waals surface area contributed by atoms with Gasteiger partial charge >= 0.3 is 0 Å². The number of pyridine rings is 1. The third-order valence-corrected chi connectivity index (χ3v) is 6.50. The van der Waals surface area contributed by atoms with Crippen molar-refractivity contribution in [3.63, 3.8) is 0 Å². The summed E-state index contributed by atoms with van der Waals surface area (Å²) in [6.45, 7) is 0.504. The maximum Gasteiger partial charge on any atom is 0.268 e. The number of nitrogens with zero attached hydrogens (tertiary/aromatic N) is 4. The largest absolute Gasteiger partial charge is 0.288 e. The number of aromatic nitrogens is 4. The van der Waals surface area contributed by atoms with Gasteiger partial charge in [0.05, 0.1) is 21.8 Å². The summed E-state index contributed by atoms with van der Waals surface area (Å²) in [7, 11) is 0. The molecule has 6 nitrogen and oxygen atoms in total. The maximum absolute atomic E-state index is 12.6. The number of rotatable bonds is 4. The van der Waals surface area contributed by atoms with Crippen LogP contribution in [0.2, 0.25) is 0 Å². The lowest BCUT2D eigenvalue weighted by Crippen LogP contribution is -2.12. The quantitative estimate of drug-likeness (QED) is 0.493. The SMILES string of the molecule is O=C(Nc1ncn(Cc2ccccn2)n1)c1cc2sc3ccccc3c2s1. The van der Waals surface area contributed by atoms with Crippen LogP contribution in [0.4, 0.5) is 5.95 Å². The minimum absolute atomic E-state index is 0.192. The van der Waals surface area contributed by atoms with E-state index in [1.165, 1.54) is 21.4 Å². The molecule has 4 heterocycles. The number of carbonyl (C=O) groups excluding carboxylic acids is 1. The topological polar surface area (TPSA) is 72.7 Å². The number of hydrogen-bond acceptors (Lipinski definition) is 6. The molecular formula is C19H13N5OS2. The van der Waals surface area contributed by atoms with Gasteiger partial charge in [0.1, 0.15) is 6.33 Å². The average molecular weight is 391 g/mol. The normalized spacial score (nSPS) is 11.3. The highest BCUT2D eigenvalue weighted by molar-refractivity contribution is 7.33. The number of amides is 1. The molecule has 0 fully saturated rings. The van der Waals surface area contributed by atoms with E-state index in [1.54, 1.807) is 28.5 Å². The zero-order chi connectivity index (χ0) is 18.2. The molecule has 0 saturated carbocycles. The predicted octanol–water partition coefficient (Wildman–Crippen LogP) is 4.40. The van der Waals surface area contributed by atoms with Crippen molar-refractivity contribution in [3.8, 4) is 0 Å². The second-order valence-electron chi connectivity index (χ2n) is 5.94. The third-order valence-electron chi connectivity index (χ3n) is 4.09. The molecule has 132 valence electrons. The van der Waals surface area contributed by atoms with Crippen LogP contribution in [0.1, 0.15) is 15.4 Å². The van der Waals surface area contributed by atoms with Gasteiger partial charge in [0, 0.05) is 21.0 Å². The minimum Gasteiger partial charge on any atom is -0.288 e. The summed E-state index contributed by atoms with van der Waals surface area (Å²) in [5.74, 6) is 0.0978. The molecule has 0 aliphatic heterocycles. The summed E-state index contributed by atoms with van der Waals surface area (Å²) in [6, 6.07) is 15.9. The molecule has 0 bridgehead atoms. The van der Waals surface area contributed by atoms with Crippen LogP contribution in [0, 0.1) is 0 Å². The molecule has 0 atom stereocenters. The van der Waals surface area contributed by atoms with Crippen LogP contribution in [0.5, 0.6) is 0 Å². The van der Waals surface area contributed by atoms with Gasteiger partial charge in [-0.15, -0.1) is 27.8 Å². The molecule has 0 saturated heterocycles. The van der Waals surface area contributed by atoms with Crippen molar-refractivity contribution in [1.29, 1.82) is 0 Å². The Hall–Kier alpha value is -3.10. The lowest BCUT2D eigenvalue weighted by molar-refractivity contribution is 0.102. The molecule has 5 rings (SSSR count). The first-order valence-corrected chi connectivity index (χ1v) is 9.91. The van der Waals surface area contributed by atoms with Crippen LogP contribution in [0.15, 0.2) is 61.1 Å². The van der Waals surface area contributed by atoms with Crippen LogP contribution in [0.25, 0.3) is 19.5 Å². The Balaban J connectivity index is 1.35. The van der Waals surface area contributed by atoms with E-state index < -0.39 is 0 Å². The van der Waals surface area contributed by atoms with Gasteiger partial charge in [-0.3, -0.25) is 15.1 Å². The van der Waals surface area contributed by atoms with Crippen molar-refractivity contribution in [2.24, 2.45) is 0 Å². The van der Waals surface area contributed by atoms with E-state index in [0.717, 1.165) is 15.1 Å². The Morgan fingerprint density at radius 2 is 1.93 bits per heavy atom. The van der Waals surface area contributed by atoms with E-state index in [1.807, 2.05) is 36.4 Å². The molecule has 0 aliphatic rings. The highest BCUT2D eigenvalue weighted by Gasteiger charge is 2.15. The van der Waals surface area contributed by atoms with Gasteiger partial charge in [0.2, 0.25) is 5.95 Å². The second-order valence-corrected chi connectivity index (χ2v) is 8.08. The first-order chi connectivity index (χ1) is 13.3. The Bertz CT molecular complexity index is 1260. The van der Waals surface area contributed by atoms with E-state index in [-0.39, 0.29) is 11.9 Å². The monoisotopic (exact) mass is 391 g/mol. The van der Waals surface area contributed by atoms with Crippen molar-refractivity contribution < 1.29 is 4.79 Å². The highest BCUT2D eigenvalue weighted by Crippen LogP contribution is 2.39. The Morgan fingerprint density at radius 1 is 1.04 bits per heavy atom. The molecule has 8 heteroatoms. The molecule has 5 aromatic rings. The Kier molecular flexibility index (Phi) is 3.92. The van der Waals surface area contributed by atoms with Crippen molar-refractivity contribution >= 4 is 54.0 Å². The van der Waals surface area contributed by atoms with Crippen molar-refractivity contribution in [1.82, 2.24) is 19.7 Å². The number of benzene rings is 1. The Labute approximate surface area is 162 Å². The summed E-state index contributed by atoms with van der Waals surface area (Å²) in [5, 5.41) is 8.27. The number of hydrogen-bond donors (Lipinski definition) is 1. The fraction of sp³-hybridized carbons (Fsp3) is 0.0526. The van der Waals surface area contributed by atoms with Crippen LogP contribution in [-0.2, 0) is 6.54 Å². The van der Waals surface area contributed by atoms with Crippen molar-refractivity contribution in [2.45, 2.75) is 6.54 Å². The standard InChI is InChI=1S/C19H13N5OS2/c25-18(16-9-15-17(27-16)13-6-1-2-7-14(13)26-15)22-19-21-11-24(23-19)10-12-5-3-4-8-20-12/h1-9,11H,10H2,(H,22,23,25). The molecule has 1 aromatic carbocycles. The van der Waals surface area contributed by atoms with Crippen LogP contribution in [-0.4, -0.2) is 25.7 Å². The first kappa shape index (κ1) is 16.1. The summed E-state index contributed by atoms with van der Waals surface area (Å²) >= 11 is 3.20. The molecule has 1 amide bonds. The van der Waals surface area contributed by atoms with E-state index in [0.29, 0.717) is 11.4 Å². The lowest BCUT2D eigenvalue weighted by Gasteiger charge is -1.99. The van der Waals surface area contributed by atoms with Gasteiger partial charge in [0.25, 0.3) is 5.91 Å². The van der Waals surface area contributed by atoms with Crippen LogP contribution < -0.4 is 5.32 Å². The van der Waals surface area contributed by atoms with Crippen LogP contribution in [0.3, 0.4) is 0 Å². The highest BCUT2D eigenvalue weighted by atomic mass is 32.1. The maximum atomic E-state index is 12.6. The van der Waals surface area contributed by atoms with E-state index in [2.05, 4.69) is 32.5 Å². The lowest BCUT2D eigenvalue weighted by atomic mass is 10.2. The van der Waals surface area contributed by atoms with E-state index in [4.69, 9.17) is 0 Å². The number of anilines is 1. The first-order valence-electron chi connectivity index (χ1n) is 8.28. The van der Waals surface area contributed by atoms with Gasteiger partial charge in [-0.2, -0.15) is 0 Å². The fourth-order valence-electron chi connectivity index (χ4n) is 2.86. The van der Waals surface area contributed by atoms with Gasteiger partial charge in [0.15, 0.2) is 0 Å². The average Bonchev–Trinajstić information content (AvgIpc) is 3.37. The van der Waals surface area contributed by atoms with Crippen LogP contribution >= 0.6 is 22.7 Å². The third kappa shape index (κ3) is 3.09. The molecule has 27 heavy (non-hydrogen) atoms. The van der Waals surface area contributed by atoms with Crippen molar-refractivity contribution in [2.75, 3.05) is 5.32 Å². The van der Waals surface area contributed by atoms with E-state index in [9.17, 15) is 4.79 Å². The molecule has 1 N–H and O–H groups in total. The smallest absolute Gasteiger partial charge is 0.268 e. The summed E-state index contributed by atoms with van der Waals surface area (Å²) in [4.78, 5) is 21.7. The van der Waals surface area contributed by atoms with E-state index >= 15 is 0 Å². The molecule has 0 radical (unpaired) electrons. The fourth-order valence-corrected chi connectivity index (χ4v) is 5.28. The van der Waals surface area contributed by atoms with Gasteiger partial charge in [-0.05, 0) is 24.3 Å². The molecule has 0 spiro atoms. The van der Waals surface area contributed by atoms with Crippen molar-refractivity contribution in [3.05, 3.63) is 71.6 Å². The summed E-state index contributed by atoms with van der Waals surface area (Å²) in [5.41, 5.74) is 0.880. The minimum atomic E-state index is -0.192. The number of fused-ring (bicyclic) bond motifs is 3. The zero-order valence-electron chi connectivity index (χ0n) is 14.0. The Morgan fingerprint density at radius 3 is 2.81 bits per heavy atom. The number of thiophene rings is 2. The van der Waals surface area contributed by atoms with Gasteiger partial charge < -0.3 is 0 Å². The van der Waals surface area contributed by atoms with Gasteiger partial charge in [-0.1, -0.05) is 24.3 Å². The molecule has 4 aromatic heterocycles. The number of nitrogens with one attached hydrogen (secondary N) is 1. The second kappa shape index (κ2) is 6.57. The number of carbonyl (C=O) groups is 1. The summed E-state index contributed by atoms with van der Waals surface area (Å²) < 4.78 is 5.16. The molecule has 0 unspecified atom stereocenters. The molecule has 0 aliphatic carbocycles. The molecular weight excluding hydrogens is 378 g/mol. The zero-order valence-corrected chi connectivity index (χ0v) is 15.6. The summed E-state index contributed by atoms with van der Waals surface area (Å²) in [6.07, 6.45) is 3.33.